The monoisotopic (exact) mass is 392 g/mol. The second kappa shape index (κ2) is 7.37. The van der Waals surface area contributed by atoms with Gasteiger partial charge >= 0.3 is 6.03 Å². The fourth-order valence-corrected chi connectivity index (χ4v) is 4.64. The number of hydrogen-bond donors (Lipinski definition) is 1. The van der Waals surface area contributed by atoms with Gasteiger partial charge in [-0.2, -0.15) is 0 Å². The summed E-state index contributed by atoms with van der Waals surface area (Å²) in [5, 5.41) is 2.89. The van der Waals surface area contributed by atoms with Crippen molar-refractivity contribution in [3.05, 3.63) is 0 Å². The number of nitrogens with zero attached hydrogens (tertiary/aromatic N) is 3. The van der Waals surface area contributed by atoms with E-state index in [1.165, 1.54) is 6.92 Å². The molecule has 3 aliphatic rings. The molecule has 2 aliphatic heterocycles. The van der Waals surface area contributed by atoms with Crippen molar-refractivity contribution in [2.75, 3.05) is 32.7 Å². The minimum absolute atomic E-state index is 0.00556. The van der Waals surface area contributed by atoms with Gasteiger partial charge in [-0.05, 0) is 37.0 Å². The largest absolute Gasteiger partial charge is 0.339 e. The molecular weight excluding hydrogens is 360 g/mol. The van der Waals surface area contributed by atoms with E-state index in [0.29, 0.717) is 44.9 Å². The number of carbonyl (C=O) groups is 4. The van der Waals surface area contributed by atoms with Crippen LogP contribution in [0, 0.1) is 11.3 Å². The lowest BCUT2D eigenvalue weighted by molar-refractivity contribution is -0.142. The molecule has 2 heterocycles. The first-order valence-electron chi connectivity index (χ1n) is 10.2. The zero-order valence-corrected chi connectivity index (χ0v) is 17.4. The molecule has 0 aromatic carbocycles. The van der Waals surface area contributed by atoms with Gasteiger partial charge in [-0.25, -0.2) is 4.79 Å². The Bertz CT molecular complexity index is 668. The number of urea groups is 1. The molecule has 0 aromatic heterocycles. The third-order valence-corrected chi connectivity index (χ3v) is 6.68. The predicted octanol–water partition coefficient (Wildman–Crippen LogP) is 1.20. The zero-order valence-electron chi connectivity index (χ0n) is 17.4. The topological polar surface area (TPSA) is 90.0 Å². The summed E-state index contributed by atoms with van der Waals surface area (Å²) in [6.45, 7) is 9.75. The molecule has 1 N–H and O–H groups in total. The standard InChI is InChI=1S/C20H32N4O4/c1-14(25)22-9-11-23(12-10-22)16(26)13-24-17(27)20(21-18(24)28)7-5-15(6-8-20)19(2,3)4/h15H,5-13H2,1-4H3,(H,21,28). The fraction of sp³-hybridized carbons (Fsp3) is 0.800. The number of rotatable bonds is 2. The smallest absolute Gasteiger partial charge is 0.325 e. The van der Waals surface area contributed by atoms with Gasteiger partial charge in [0.1, 0.15) is 12.1 Å². The quantitative estimate of drug-likeness (QED) is 0.715. The number of amides is 5. The van der Waals surface area contributed by atoms with Crippen molar-refractivity contribution in [3.8, 4) is 0 Å². The molecule has 8 nitrogen and oxygen atoms in total. The zero-order chi connectivity index (χ0) is 20.7. The molecule has 0 aromatic rings. The molecule has 1 saturated carbocycles. The maximum atomic E-state index is 13.0. The SMILES string of the molecule is CC(=O)N1CCN(C(=O)CN2C(=O)NC3(CCC(C(C)(C)C)CC3)C2=O)CC1. The van der Waals surface area contributed by atoms with E-state index in [0.717, 1.165) is 17.7 Å². The van der Waals surface area contributed by atoms with Crippen LogP contribution in [-0.4, -0.2) is 76.7 Å². The van der Waals surface area contributed by atoms with Crippen LogP contribution in [0.5, 0.6) is 0 Å². The van der Waals surface area contributed by atoms with Crippen LogP contribution in [0.15, 0.2) is 0 Å². The first kappa shape index (κ1) is 20.6. The van der Waals surface area contributed by atoms with Gasteiger partial charge in [0.25, 0.3) is 5.91 Å². The van der Waals surface area contributed by atoms with E-state index in [4.69, 9.17) is 0 Å². The lowest BCUT2D eigenvalue weighted by atomic mass is 9.67. The van der Waals surface area contributed by atoms with E-state index < -0.39 is 11.6 Å². The van der Waals surface area contributed by atoms with Crippen molar-refractivity contribution in [1.29, 1.82) is 0 Å². The predicted molar refractivity (Wildman–Crippen MR) is 103 cm³/mol. The third-order valence-electron chi connectivity index (χ3n) is 6.68. The van der Waals surface area contributed by atoms with Crippen LogP contribution < -0.4 is 5.32 Å². The average molecular weight is 393 g/mol. The summed E-state index contributed by atoms with van der Waals surface area (Å²) in [7, 11) is 0. The van der Waals surface area contributed by atoms with Crippen molar-refractivity contribution in [2.24, 2.45) is 11.3 Å². The van der Waals surface area contributed by atoms with Crippen LogP contribution in [0.4, 0.5) is 4.79 Å². The van der Waals surface area contributed by atoms with Gasteiger partial charge in [-0.15, -0.1) is 0 Å². The lowest BCUT2D eigenvalue weighted by Gasteiger charge is -2.40. The molecule has 1 spiro atoms. The van der Waals surface area contributed by atoms with Crippen molar-refractivity contribution in [1.82, 2.24) is 20.0 Å². The molecule has 0 radical (unpaired) electrons. The van der Waals surface area contributed by atoms with Crippen LogP contribution in [0.3, 0.4) is 0 Å². The highest BCUT2D eigenvalue weighted by Gasteiger charge is 2.53. The molecule has 0 bridgehead atoms. The fourth-order valence-electron chi connectivity index (χ4n) is 4.64. The van der Waals surface area contributed by atoms with Gasteiger partial charge in [0.05, 0.1) is 0 Å². The summed E-state index contributed by atoms with van der Waals surface area (Å²) in [6.07, 6.45) is 3.04. The van der Waals surface area contributed by atoms with E-state index >= 15 is 0 Å². The van der Waals surface area contributed by atoms with Crippen LogP contribution in [0.25, 0.3) is 0 Å². The molecule has 2 saturated heterocycles. The normalized spacial score (nSPS) is 28.7. The van der Waals surface area contributed by atoms with Crippen LogP contribution in [0.1, 0.15) is 53.4 Å². The number of nitrogens with one attached hydrogen (secondary N) is 1. The molecule has 3 rings (SSSR count). The van der Waals surface area contributed by atoms with E-state index in [1.54, 1.807) is 9.80 Å². The maximum absolute atomic E-state index is 13.0. The molecule has 156 valence electrons. The van der Waals surface area contributed by atoms with Crippen molar-refractivity contribution >= 4 is 23.8 Å². The minimum Gasteiger partial charge on any atom is -0.339 e. The summed E-state index contributed by atoms with van der Waals surface area (Å²) in [5.41, 5.74) is -0.655. The second-order valence-corrected chi connectivity index (χ2v) is 9.43. The van der Waals surface area contributed by atoms with E-state index in [1.807, 2.05) is 0 Å². The Balaban J connectivity index is 1.59. The highest BCUT2D eigenvalue weighted by molar-refractivity contribution is 6.09. The third kappa shape index (κ3) is 3.86. The molecule has 1 aliphatic carbocycles. The van der Waals surface area contributed by atoms with E-state index in [9.17, 15) is 19.2 Å². The van der Waals surface area contributed by atoms with Crippen molar-refractivity contribution in [3.63, 3.8) is 0 Å². The van der Waals surface area contributed by atoms with Gasteiger partial charge in [0.15, 0.2) is 0 Å². The molecule has 28 heavy (non-hydrogen) atoms. The summed E-state index contributed by atoms with van der Waals surface area (Å²) < 4.78 is 0. The number of carbonyl (C=O) groups excluding carboxylic acids is 4. The number of imide groups is 1. The van der Waals surface area contributed by atoms with E-state index in [2.05, 4.69) is 26.1 Å². The molecule has 8 heteroatoms. The highest BCUT2D eigenvalue weighted by atomic mass is 16.2. The average Bonchev–Trinajstić information content (AvgIpc) is 2.85. The van der Waals surface area contributed by atoms with Crippen LogP contribution in [-0.2, 0) is 14.4 Å². The number of hydrogen-bond acceptors (Lipinski definition) is 4. The Morgan fingerprint density at radius 1 is 1.04 bits per heavy atom. The van der Waals surface area contributed by atoms with Crippen LogP contribution >= 0.6 is 0 Å². The highest BCUT2D eigenvalue weighted by Crippen LogP contribution is 2.43. The van der Waals surface area contributed by atoms with Crippen molar-refractivity contribution in [2.45, 2.75) is 58.9 Å². The molecule has 5 amide bonds. The summed E-state index contributed by atoms with van der Waals surface area (Å²) >= 11 is 0. The Hall–Kier alpha value is -2.12. The Morgan fingerprint density at radius 2 is 1.57 bits per heavy atom. The van der Waals surface area contributed by atoms with Crippen molar-refractivity contribution < 1.29 is 19.2 Å². The van der Waals surface area contributed by atoms with Gasteiger partial charge in [0, 0.05) is 33.1 Å². The summed E-state index contributed by atoms with van der Waals surface area (Å²) in [6, 6.07) is -0.463. The van der Waals surface area contributed by atoms with Crippen LogP contribution in [0.2, 0.25) is 0 Å². The minimum atomic E-state index is -0.841. The van der Waals surface area contributed by atoms with Gasteiger partial charge in [-0.1, -0.05) is 20.8 Å². The first-order valence-corrected chi connectivity index (χ1v) is 10.2. The maximum Gasteiger partial charge on any atom is 0.325 e. The Labute approximate surface area is 166 Å². The summed E-state index contributed by atoms with van der Waals surface area (Å²) in [4.78, 5) is 53.9. The van der Waals surface area contributed by atoms with E-state index in [-0.39, 0.29) is 29.7 Å². The van der Waals surface area contributed by atoms with Gasteiger partial charge in [0.2, 0.25) is 11.8 Å². The summed E-state index contributed by atoms with van der Waals surface area (Å²) in [5.74, 6) is 0.0118. The molecule has 0 atom stereocenters. The molecular formula is C20H32N4O4. The Kier molecular flexibility index (Phi) is 5.42. The lowest BCUT2D eigenvalue weighted by Crippen LogP contribution is -2.53. The number of piperazine rings is 1. The Morgan fingerprint density at radius 3 is 2.07 bits per heavy atom. The first-order chi connectivity index (χ1) is 13.0. The molecule has 0 unspecified atom stereocenters. The van der Waals surface area contributed by atoms with Gasteiger partial charge in [-0.3, -0.25) is 19.3 Å². The molecule has 3 fully saturated rings. The van der Waals surface area contributed by atoms with Gasteiger partial charge < -0.3 is 15.1 Å². The second-order valence-electron chi connectivity index (χ2n) is 9.43.